The topological polar surface area (TPSA) is 29.3 Å². The molecule has 1 aromatic carbocycles. The SMILES string of the molecule is CCc1cc(N(CC)CC)ccc1N.CCc1ccccccc(C(C)CC)[sH+]1.Cl.Cl.[Cl-]. The summed E-state index contributed by atoms with van der Waals surface area (Å²) in [5.74, 6) is 0.685. The van der Waals surface area contributed by atoms with Gasteiger partial charge in [0.15, 0.2) is 4.88 Å². The van der Waals surface area contributed by atoms with Crippen molar-refractivity contribution in [2.45, 2.75) is 66.7 Å². The van der Waals surface area contributed by atoms with E-state index in [1.54, 1.807) is 0 Å². The highest BCUT2D eigenvalue weighted by atomic mass is 35.5. The Morgan fingerprint density at radius 1 is 0.844 bits per heavy atom. The van der Waals surface area contributed by atoms with Gasteiger partial charge in [-0.1, -0.05) is 52.0 Å². The average molecular weight is 522 g/mol. The average Bonchev–Trinajstić information content (AvgIpc) is 2.87. The monoisotopic (exact) mass is 520 g/mol. The number of halogens is 3. The van der Waals surface area contributed by atoms with Gasteiger partial charge in [0, 0.05) is 36.8 Å². The normalized spacial score (nSPS) is 10.1. The van der Waals surface area contributed by atoms with Crippen molar-refractivity contribution in [3.63, 3.8) is 0 Å². The molecule has 2 aromatic rings. The van der Waals surface area contributed by atoms with E-state index < -0.39 is 0 Å². The molecule has 2 nitrogen and oxygen atoms in total. The highest BCUT2D eigenvalue weighted by Crippen LogP contribution is 2.23. The van der Waals surface area contributed by atoms with E-state index in [-0.39, 0.29) is 37.2 Å². The molecular formula is C26H43Cl3N2S. The van der Waals surface area contributed by atoms with E-state index in [0.717, 1.165) is 31.6 Å². The summed E-state index contributed by atoms with van der Waals surface area (Å²) < 4.78 is 0. The predicted octanol–water partition coefficient (Wildman–Crippen LogP) is 5.21. The molecule has 0 bridgehead atoms. The number of aryl methyl sites for hydroxylation is 2. The van der Waals surface area contributed by atoms with Crippen molar-refractivity contribution in [3.8, 4) is 0 Å². The molecule has 1 atom stereocenters. The van der Waals surface area contributed by atoms with Gasteiger partial charge >= 0.3 is 0 Å². The van der Waals surface area contributed by atoms with Gasteiger partial charge in [-0.2, -0.15) is 0 Å². The summed E-state index contributed by atoms with van der Waals surface area (Å²) in [5, 5.41) is 0. The van der Waals surface area contributed by atoms with Crippen LogP contribution in [0.15, 0.2) is 54.6 Å². The van der Waals surface area contributed by atoms with Crippen LogP contribution in [0.5, 0.6) is 0 Å². The summed E-state index contributed by atoms with van der Waals surface area (Å²) in [5.41, 5.74) is 9.29. The van der Waals surface area contributed by atoms with Crippen molar-refractivity contribution in [2.24, 2.45) is 0 Å². The molecule has 0 aliphatic heterocycles. The third-order valence-corrected chi connectivity index (χ3v) is 6.88. The lowest BCUT2D eigenvalue weighted by Crippen LogP contribution is -3.00. The summed E-state index contributed by atoms with van der Waals surface area (Å²) in [6.07, 6.45) is 3.36. The molecule has 6 heteroatoms. The summed E-state index contributed by atoms with van der Waals surface area (Å²) in [6.45, 7) is 15.4. The van der Waals surface area contributed by atoms with E-state index in [4.69, 9.17) is 5.73 Å². The maximum Gasteiger partial charge on any atom is 0.150 e. The zero-order chi connectivity index (χ0) is 21.6. The lowest BCUT2D eigenvalue weighted by atomic mass is 10.1. The van der Waals surface area contributed by atoms with Gasteiger partial charge in [-0.25, -0.2) is 0 Å². The minimum atomic E-state index is 0. The number of nitrogens with two attached hydrogens (primary N) is 1. The van der Waals surface area contributed by atoms with Gasteiger partial charge in [0.2, 0.25) is 0 Å². The van der Waals surface area contributed by atoms with Crippen molar-refractivity contribution in [1.29, 1.82) is 0 Å². The highest BCUT2D eigenvalue weighted by Gasteiger charge is 2.08. The maximum absolute atomic E-state index is 5.86. The lowest BCUT2D eigenvalue weighted by Gasteiger charge is -2.22. The first-order chi connectivity index (χ1) is 14.0. The number of hydrogen-bond donors (Lipinski definition) is 1. The van der Waals surface area contributed by atoms with Crippen molar-refractivity contribution < 1.29 is 12.4 Å². The fraction of sp³-hybridized carbons (Fsp3) is 0.462. The van der Waals surface area contributed by atoms with E-state index >= 15 is 0 Å². The van der Waals surface area contributed by atoms with Crippen LogP contribution in [0, 0.1) is 0 Å². The Hall–Kier alpha value is -1.13. The van der Waals surface area contributed by atoms with Gasteiger partial charge in [-0.15, -0.1) is 24.8 Å². The fourth-order valence-corrected chi connectivity index (χ4v) is 4.27. The quantitative estimate of drug-likeness (QED) is 0.400. The van der Waals surface area contributed by atoms with E-state index in [0.29, 0.717) is 5.92 Å². The minimum Gasteiger partial charge on any atom is -1.00 e. The van der Waals surface area contributed by atoms with Crippen LogP contribution in [-0.4, -0.2) is 13.1 Å². The molecule has 0 spiro atoms. The van der Waals surface area contributed by atoms with E-state index in [1.807, 2.05) is 6.07 Å². The summed E-state index contributed by atoms with van der Waals surface area (Å²) in [7, 11) is 0. The number of nitrogens with zero attached hydrogens (tertiary/aromatic N) is 1. The predicted molar refractivity (Wildman–Crippen MR) is 150 cm³/mol. The Morgan fingerprint density at radius 3 is 1.94 bits per heavy atom. The molecule has 0 amide bonds. The highest BCUT2D eigenvalue weighted by molar-refractivity contribution is 7.11. The molecule has 32 heavy (non-hydrogen) atoms. The van der Waals surface area contributed by atoms with E-state index in [9.17, 15) is 0 Å². The molecule has 1 unspecified atom stereocenters. The van der Waals surface area contributed by atoms with Crippen molar-refractivity contribution >= 4 is 47.5 Å². The first-order valence-corrected chi connectivity index (χ1v) is 12.0. The number of benzene rings is 1. The molecule has 2 N–H and O–H groups in total. The van der Waals surface area contributed by atoms with Crippen LogP contribution >= 0.6 is 36.2 Å². The van der Waals surface area contributed by atoms with Crippen LogP contribution in [0.1, 0.15) is 69.2 Å². The molecule has 0 aliphatic rings. The molecule has 0 aliphatic carbocycles. The van der Waals surface area contributed by atoms with Crippen LogP contribution in [0.3, 0.4) is 0 Å². The molecule has 2 rings (SSSR count). The Morgan fingerprint density at radius 2 is 1.44 bits per heavy atom. The number of rotatable bonds is 7. The van der Waals surface area contributed by atoms with Crippen LogP contribution in [0.25, 0.3) is 0 Å². The van der Waals surface area contributed by atoms with Gasteiger partial charge in [0.25, 0.3) is 0 Å². The summed E-state index contributed by atoms with van der Waals surface area (Å²) in [4.78, 5) is 5.37. The van der Waals surface area contributed by atoms with Crippen LogP contribution < -0.4 is 23.0 Å². The second-order valence-electron chi connectivity index (χ2n) is 7.20. The molecule has 0 fully saturated rings. The molecule has 0 radical (unpaired) electrons. The zero-order valence-corrected chi connectivity index (χ0v) is 23.8. The molecule has 1 heterocycles. The smallest absolute Gasteiger partial charge is 0.150 e. The molecule has 1 aromatic heterocycles. The standard InChI is InChI=1S/C14H20S.C12H20N2.3ClH/c1-4-12(3)14-11-9-7-6-8-10-13(5-2)15-14;1-4-10-9-11(7-8-12(10)13)14(5-2)6-3;;;/h6-12H,4-5H2,1-3H3;7-9H,4-6,13H2,1-3H3;3*1H. The maximum atomic E-state index is 5.86. The molecular weight excluding hydrogens is 479 g/mol. The molecule has 0 saturated heterocycles. The Kier molecular flexibility index (Phi) is 22.7. The van der Waals surface area contributed by atoms with Crippen LogP contribution in [0.4, 0.5) is 11.4 Å². The van der Waals surface area contributed by atoms with Crippen LogP contribution in [-0.2, 0) is 12.8 Å². The third kappa shape index (κ3) is 12.2. The van der Waals surface area contributed by atoms with Gasteiger partial charge in [-0.05, 0) is 73.9 Å². The fourth-order valence-electron chi connectivity index (χ4n) is 3.05. The second-order valence-corrected chi connectivity index (χ2v) is 8.52. The minimum absolute atomic E-state index is 0. The summed E-state index contributed by atoms with van der Waals surface area (Å²) in [6, 6.07) is 19.3. The molecule has 0 saturated carbocycles. The van der Waals surface area contributed by atoms with Crippen molar-refractivity contribution in [3.05, 3.63) is 69.9 Å². The summed E-state index contributed by atoms with van der Waals surface area (Å²) >= 11 is 1.40. The van der Waals surface area contributed by atoms with Crippen molar-refractivity contribution in [1.82, 2.24) is 0 Å². The first kappa shape index (κ1) is 35.5. The Balaban J connectivity index is -0.000000481. The van der Waals surface area contributed by atoms with Gasteiger partial charge in [0.05, 0.1) is 0 Å². The van der Waals surface area contributed by atoms with Gasteiger partial charge in [0.1, 0.15) is 4.88 Å². The van der Waals surface area contributed by atoms with Gasteiger partial charge in [-0.3, -0.25) is 0 Å². The number of nitrogen functional groups attached to an aromatic ring is 1. The van der Waals surface area contributed by atoms with Crippen LogP contribution in [0.2, 0.25) is 0 Å². The first-order valence-electron chi connectivity index (χ1n) is 11.1. The largest absolute Gasteiger partial charge is 1.00 e. The van der Waals surface area contributed by atoms with E-state index in [2.05, 4.69) is 95.0 Å². The van der Waals surface area contributed by atoms with Gasteiger partial charge < -0.3 is 23.0 Å². The van der Waals surface area contributed by atoms with Crippen molar-refractivity contribution in [2.75, 3.05) is 23.7 Å². The number of anilines is 2. The zero-order valence-electron chi connectivity index (χ0n) is 20.5. The second kappa shape index (κ2) is 20.5. The lowest BCUT2D eigenvalue weighted by molar-refractivity contribution is -0.00000656. The molecule has 184 valence electrons. The number of hydrogen-bond acceptors (Lipinski definition) is 2. The Bertz CT molecular complexity index is 775. The van der Waals surface area contributed by atoms with E-state index in [1.165, 1.54) is 38.8 Å². The Labute approximate surface area is 219 Å². The third-order valence-electron chi connectivity index (χ3n) is 5.28.